The van der Waals surface area contributed by atoms with Crippen LogP contribution in [0.25, 0.3) is 0 Å². The molecular weight excluding hydrogens is 213 g/mol. The molecule has 1 heterocycles. The van der Waals surface area contributed by atoms with E-state index in [0.29, 0.717) is 0 Å². The van der Waals surface area contributed by atoms with E-state index < -0.39 is 24.7 Å². The second-order valence-electron chi connectivity index (χ2n) is 2.88. The van der Waals surface area contributed by atoms with Gasteiger partial charge in [0, 0.05) is 0 Å². The van der Waals surface area contributed by atoms with E-state index in [9.17, 15) is 18.0 Å². The maximum absolute atomic E-state index is 11.8. The van der Waals surface area contributed by atoms with Gasteiger partial charge in [-0.1, -0.05) is 0 Å². The lowest BCUT2D eigenvalue weighted by Gasteiger charge is -2.13. The molecule has 0 aliphatic carbocycles. The third kappa shape index (κ3) is 3.56. The molecule has 1 aromatic heterocycles. The van der Waals surface area contributed by atoms with Gasteiger partial charge in [-0.3, -0.25) is 4.79 Å². The molecule has 0 spiro atoms. The number of nitrogens with one attached hydrogen (secondary N) is 1. The predicted molar refractivity (Wildman–Crippen MR) is 43.8 cm³/mol. The summed E-state index contributed by atoms with van der Waals surface area (Å²) in [5, 5.41) is 5.40. The maximum Gasteiger partial charge on any atom is 0.405 e. The summed E-state index contributed by atoms with van der Waals surface area (Å²) in [5.74, 6) is -0.752. The molecule has 8 heteroatoms. The minimum atomic E-state index is -4.41. The zero-order valence-corrected chi connectivity index (χ0v) is 7.82. The first-order chi connectivity index (χ1) is 6.90. The van der Waals surface area contributed by atoms with E-state index in [1.165, 1.54) is 24.3 Å². The third-order valence-corrected chi connectivity index (χ3v) is 1.68. The van der Waals surface area contributed by atoms with Gasteiger partial charge in [-0.25, -0.2) is 9.67 Å². The van der Waals surface area contributed by atoms with Crippen molar-refractivity contribution >= 4 is 5.91 Å². The highest BCUT2D eigenvalue weighted by Crippen LogP contribution is 2.13. The molecular formula is C7H9F3N4O. The molecule has 84 valence electrons. The quantitative estimate of drug-likeness (QED) is 0.810. The van der Waals surface area contributed by atoms with Crippen LogP contribution in [0.1, 0.15) is 13.0 Å². The van der Waals surface area contributed by atoms with Crippen LogP contribution in [0, 0.1) is 0 Å². The standard InChI is InChI=1S/C7H9F3N4O/c1-5(14-4-11-3-13-14)6(15)12-2-7(8,9)10/h3-5H,2H2,1H3,(H,12,15). The lowest BCUT2D eigenvalue weighted by atomic mass is 10.3. The molecule has 15 heavy (non-hydrogen) atoms. The third-order valence-electron chi connectivity index (χ3n) is 1.68. The Morgan fingerprint density at radius 1 is 1.60 bits per heavy atom. The summed E-state index contributed by atoms with van der Waals surface area (Å²) in [5.41, 5.74) is 0. The number of hydrogen-bond acceptors (Lipinski definition) is 3. The fraction of sp³-hybridized carbons (Fsp3) is 0.571. The van der Waals surface area contributed by atoms with Crippen molar-refractivity contribution in [3.8, 4) is 0 Å². The molecule has 0 aromatic carbocycles. The molecule has 1 atom stereocenters. The normalized spacial score (nSPS) is 13.6. The van der Waals surface area contributed by atoms with E-state index >= 15 is 0 Å². The molecule has 0 bridgehead atoms. The van der Waals surface area contributed by atoms with E-state index in [1.54, 1.807) is 5.32 Å². The summed E-state index contributed by atoms with van der Waals surface area (Å²) in [6.07, 6.45) is -1.94. The number of rotatable bonds is 3. The highest BCUT2D eigenvalue weighted by molar-refractivity contribution is 5.79. The Balaban J connectivity index is 2.48. The first kappa shape index (κ1) is 11.5. The summed E-state index contributed by atoms with van der Waals surface area (Å²) in [7, 11) is 0. The molecule has 1 unspecified atom stereocenters. The van der Waals surface area contributed by atoms with Gasteiger partial charge in [0.2, 0.25) is 5.91 Å². The molecule has 0 aliphatic rings. The number of nitrogens with zero attached hydrogens (tertiary/aromatic N) is 3. The Morgan fingerprint density at radius 2 is 2.27 bits per heavy atom. The van der Waals surface area contributed by atoms with Crippen molar-refractivity contribution in [1.82, 2.24) is 20.1 Å². The Morgan fingerprint density at radius 3 is 2.73 bits per heavy atom. The van der Waals surface area contributed by atoms with Crippen molar-refractivity contribution in [3.05, 3.63) is 12.7 Å². The van der Waals surface area contributed by atoms with Gasteiger partial charge in [0.05, 0.1) is 0 Å². The first-order valence-corrected chi connectivity index (χ1v) is 4.09. The van der Waals surface area contributed by atoms with Gasteiger partial charge in [0.15, 0.2) is 0 Å². The average Bonchev–Trinajstić information content (AvgIpc) is 2.64. The van der Waals surface area contributed by atoms with Crippen LogP contribution >= 0.6 is 0 Å². The van der Waals surface area contributed by atoms with Crippen molar-refractivity contribution < 1.29 is 18.0 Å². The molecule has 1 rings (SSSR count). The molecule has 0 aliphatic heterocycles. The fourth-order valence-electron chi connectivity index (χ4n) is 0.873. The SMILES string of the molecule is CC(C(=O)NCC(F)(F)F)n1cncn1. The molecule has 0 fully saturated rings. The minimum absolute atomic E-state index is 0.752. The summed E-state index contributed by atoms with van der Waals surface area (Å²) >= 11 is 0. The number of carbonyl (C=O) groups is 1. The zero-order chi connectivity index (χ0) is 11.5. The number of amides is 1. The van der Waals surface area contributed by atoms with Crippen molar-refractivity contribution in [2.45, 2.75) is 19.1 Å². The van der Waals surface area contributed by atoms with Crippen LogP contribution in [0.3, 0.4) is 0 Å². The van der Waals surface area contributed by atoms with Crippen LogP contribution < -0.4 is 5.32 Å². The summed E-state index contributed by atoms with van der Waals surface area (Å²) < 4.78 is 36.5. The van der Waals surface area contributed by atoms with Crippen LogP contribution in [-0.4, -0.2) is 33.4 Å². The van der Waals surface area contributed by atoms with E-state index in [2.05, 4.69) is 10.1 Å². The van der Waals surface area contributed by atoms with Gasteiger partial charge in [-0.2, -0.15) is 18.3 Å². The van der Waals surface area contributed by atoms with Gasteiger partial charge in [0.1, 0.15) is 25.2 Å². The van der Waals surface area contributed by atoms with Crippen LogP contribution in [0.5, 0.6) is 0 Å². The summed E-state index contributed by atoms with van der Waals surface area (Å²) in [6.45, 7) is 0.0885. The molecule has 0 saturated carbocycles. The lowest BCUT2D eigenvalue weighted by molar-refractivity contribution is -0.140. The predicted octanol–water partition coefficient (Wildman–Crippen LogP) is 0.518. The van der Waals surface area contributed by atoms with E-state index in [4.69, 9.17) is 0 Å². The van der Waals surface area contributed by atoms with Gasteiger partial charge in [-0.05, 0) is 6.92 Å². The van der Waals surface area contributed by atoms with Crippen molar-refractivity contribution in [1.29, 1.82) is 0 Å². The average molecular weight is 222 g/mol. The second-order valence-corrected chi connectivity index (χ2v) is 2.88. The van der Waals surface area contributed by atoms with Gasteiger partial charge in [-0.15, -0.1) is 0 Å². The van der Waals surface area contributed by atoms with Crippen LogP contribution in [0.2, 0.25) is 0 Å². The summed E-state index contributed by atoms with van der Waals surface area (Å²) in [4.78, 5) is 14.8. The number of aromatic nitrogens is 3. The van der Waals surface area contributed by atoms with Crippen LogP contribution in [0.15, 0.2) is 12.7 Å². The molecule has 1 amide bonds. The number of alkyl halides is 3. The largest absolute Gasteiger partial charge is 0.405 e. The van der Waals surface area contributed by atoms with Crippen LogP contribution in [0.4, 0.5) is 13.2 Å². The van der Waals surface area contributed by atoms with Crippen molar-refractivity contribution in [2.75, 3.05) is 6.54 Å². The minimum Gasteiger partial charge on any atom is -0.345 e. The monoisotopic (exact) mass is 222 g/mol. The molecule has 1 N–H and O–H groups in total. The van der Waals surface area contributed by atoms with Crippen LogP contribution in [-0.2, 0) is 4.79 Å². The first-order valence-electron chi connectivity index (χ1n) is 4.09. The maximum atomic E-state index is 11.8. The summed E-state index contributed by atoms with van der Waals surface area (Å²) in [6, 6.07) is -0.810. The highest BCUT2D eigenvalue weighted by atomic mass is 19.4. The van der Waals surface area contributed by atoms with Gasteiger partial charge >= 0.3 is 6.18 Å². The fourth-order valence-corrected chi connectivity index (χ4v) is 0.873. The number of hydrogen-bond donors (Lipinski definition) is 1. The van der Waals surface area contributed by atoms with E-state index in [1.807, 2.05) is 0 Å². The Bertz CT molecular complexity index is 321. The Labute approximate surface area is 83.3 Å². The smallest absolute Gasteiger partial charge is 0.345 e. The molecule has 0 radical (unpaired) electrons. The topological polar surface area (TPSA) is 59.8 Å². The molecule has 1 aromatic rings. The Kier molecular flexibility index (Phi) is 3.28. The number of carbonyl (C=O) groups excluding carboxylic acids is 1. The Hall–Kier alpha value is -1.60. The zero-order valence-electron chi connectivity index (χ0n) is 7.82. The van der Waals surface area contributed by atoms with E-state index in [0.717, 1.165) is 0 Å². The highest BCUT2D eigenvalue weighted by Gasteiger charge is 2.29. The van der Waals surface area contributed by atoms with Crippen molar-refractivity contribution in [2.24, 2.45) is 0 Å². The van der Waals surface area contributed by atoms with Crippen molar-refractivity contribution in [3.63, 3.8) is 0 Å². The molecule has 5 nitrogen and oxygen atoms in total. The van der Waals surface area contributed by atoms with E-state index in [-0.39, 0.29) is 0 Å². The van der Waals surface area contributed by atoms with Gasteiger partial charge in [0.25, 0.3) is 0 Å². The lowest BCUT2D eigenvalue weighted by Crippen LogP contribution is -2.37. The van der Waals surface area contributed by atoms with Gasteiger partial charge < -0.3 is 5.32 Å². The number of halogens is 3. The second kappa shape index (κ2) is 4.28. The molecule has 0 saturated heterocycles.